The molecule has 0 amide bonds. The Morgan fingerprint density at radius 1 is 0.769 bits per heavy atom. The second kappa shape index (κ2) is 11.9. The van der Waals surface area contributed by atoms with Crippen LogP contribution in [0.3, 0.4) is 0 Å². The molecule has 26 heavy (non-hydrogen) atoms. The average Bonchev–Trinajstić information content (AvgIpc) is 3.05. The van der Waals surface area contributed by atoms with Gasteiger partial charge in [0.25, 0.3) is 0 Å². The molecule has 0 spiro atoms. The van der Waals surface area contributed by atoms with E-state index in [0.717, 1.165) is 13.0 Å². The van der Waals surface area contributed by atoms with Crippen molar-refractivity contribution in [3.8, 4) is 11.3 Å². The molecule has 144 valence electrons. The van der Waals surface area contributed by atoms with Gasteiger partial charge in [0.05, 0.1) is 11.4 Å². The van der Waals surface area contributed by atoms with E-state index in [2.05, 4.69) is 60.0 Å². The predicted molar refractivity (Wildman–Crippen MR) is 111 cm³/mol. The maximum absolute atomic E-state index is 4.55. The van der Waals surface area contributed by atoms with Gasteiger partial charge >= 0.3 is 0 Å². The van der Waals surface area contributed by atoms with Gasteiger partial charge in [0.2, 0.25) is 0 Å². The molecule has 0 fully saturated rings. The molecule has 1 aromatic heterocycles. The quantitative estimate of drug-likeness (QED) is 0.373. The highest BCUT2D eigenvalue weighted by atomic mass is 15.4. The first-order valence-corrected chi connectivity index (χ1v) is 10.8. The van der Waals surface area contributed by atoms with Crippen LogP contribution in [0.2, 0.25) is 0 Å². The summed E-state index contributed by atoms with van der Waals surface area (Å²) in [5.74, 6) is 0. The Morgan fingerprint density at radius 2 is 1.38 bits per heavy atom. The van der Waals surface area contributed by atoms with E-state index in [4.69, 9.17) is 0 Å². The third-order valence-electron chi connectivity index (χ3n) is 5.12. The van der Waals surface area contributed by atoms with Gasteiger partial charge in [-0.1, -0.05) is 100 Å². The van der Waals surface area contributed by atoms with E-state index < -0.39 is 0 Å². The Hall–Kier alpha value is -1.64. The summed E-state index contributed by atoms with van der Waals surface area (Å²) in [6.07, 6.45) is 14.0. The molecular formula is C23H37N3. The molecule has 2 rings (SSSR count). The van der Waals surface area contributed by atoms with Gasteiger partial charge in [-0.05, 0) is 26.2 Å². The molecule has 0 aliphatic heterocycles. The van der Waals surface area contributed by atoms with Crippen molar-refractivity contribution < 1.29 is 0 Å². The topological polar surface area (TPSA) is 30.7 Å². The molecule has 1 heterocycles. The van der Waals surface area contributed by atoms with Gasteiger partial charge < -0.3 is 0 Å². The Bertz CT molecular complexity index is 613. The highest BCUT2D eigenvalue weighted by molar-refractivity contribution is 5.62. The lowest BCUT2D eigenvalue weighted by molar-refractivity contribution is 0.519. The molecule has 0 radical (unpaired) electrons. The summed E-state index contributed by atoms with van der Waals surface area (Å²) in [5.41, 5.74) is 4.98. The summed E-state index contributed by atoms with van der Waals surface area (Å²) in [6.45, 7) is 7.65. The van der Waals surface area contributed by atoms with Crippen molar-refractivity contribution >= 4 is 0 Å². The van der Waals surface area contributed by atoms with Crippen molar-refractivity contribution in [1.29, 1.82) is 0 Å². The second-order valence-corrected chi connectivity index (χ2v) is 7.55. The summed E-state index contributed by atoms with van der Waals surface area (Å²) in [4.78, 5) is 0. The molecule has 0 atom stereocenters. The zero-order chi connectivity index (χ0) is 18.6. The highest BCUT2D eigenvalue weighted by Gasteiger charge is 2.14. The van der Waals surface area contributed by atoms with Crippen molar-refractivity contribution in [3.63, 3.8) is 0 Å². The van der Waals surface area contributed by atoms with Crippen molar-refractivity contribution in [2.45, 2.75) is 97.9 Å². The molecule has 0 bridgehead atoms. The molecule has 0 saturated carbocycles. The standard InChI is InChI=1S/C23H37N3/c1-4-6-8-10-11-13-19-26-23(21-17-15-20(3)16-18-21)22(24-25-26)14-12-9-7-5-2/h15-18H,4-14,19H2,1-3H3. The van der Waals surface area contributed by atoms with Crippen LogP contribution in [0.25, 0.3) is 11.3 Å². The monoisotopic (exact) mass is 355 g/mol. The lowest BCUT2D eigenvalue weighted by atomic mass is 10.0. The van der Waals surface area contributed by atoms with Gasteiger partial charge in [-0.25, -0.2) is 4.68 Å². The van der Waals surface area contributed by atoms with Gasteiger partial charge in [0, 0.05) is 12.1 Å². The first-order valence-electron chi connectivity index (χ1n) is 10.8. The van der Waals surface area contributed by atoms with E-state index in [1.165, 1.54) is 86.7 Å². The first kappa shape index (κ1) is 20.7. The minimum absolute atomic E-state index is 0.983. The molecule has 3 heteroatoms. The van der Waals surface area contributed by atoms with E-state index in [0.29, 0.717) is 0 Å². The van der Waals surface area contributed by atoms with Gasteiger partial charge in [-0.15, -0.1) is 5.10 Å². The molecule has 3 nitrogen and oxygen atoms in total. The fourth-order valence-corrected chi connectivity index (χ4v) is 3.46. The number of aromatic nitrogens is 3. The molecule has 0 aliphatic carbocycles. The maximum atomic E-state index is 4.55. The van der Waals surface area contributed by atoms with E-state index >= 15 is 0 Å². The Morgan fingerprint density at radius 3 is 2.08 bits per heavy atom. The summed E-state index contributed by atoms with van der Waals surface area (Å²) in [7, 11) is 0. The van der Waals surface area contributed by atoms with Crippen LogP contribution >= 0.6 is 0 Å². The van der Waals surface area contributed by atoms with Gasteiger partial charge in [-0.2, -0.15) is 0 Å². The van der Waals surface area contributed by atoms with Crippen LogP contribution in [0.15, 0.2) is 24.3 Å². The zero-order valence-corrected chi connectivity index (χ0v) is 17.1. The Labute approximate surface area is 160 Å². The van der Waals surface area contributed by atoms with Gasteiger partial charge in [0.1, 0.15) is 0 Å². The number of rotatable bonds is 13. The fourth-order valence-electron chi connectivity index (χ4n) is 3.46. The SMILES string of the molecule is CCCCCCCCn1nnc(CCCCCC)c1-c1ccc(C)cc1. The summed E-state index contributed by atoms with van der Waals surface area (Å²) in [6, 6.07) is 8.83. The summed E-state index contributed by atoms with van der Waals surface area (Å²) in [5, 5.41) is 9.07. The molecular weight excluding hydrogens is 318 g/mol. The van der Waals surface area contributed by atoms with Crippen molar-refractivity contribution in [1.82, 2.24) is 15.0 Å². The number of hydrogen-bond donors (Lipinski definition) is 0. The first-order chi connectivity index (χ1) is 12.8. The summed E-state index contributed by atoms with van der Waals surface area (Å²) < 4.78 is 2.15. The van der Waals surface area contributed by atoms with E-state index in [9.17, 15) is 0 Å². The Balaban J connectivity index is 2.03. The largest absolute Gasteiger partial charge is 0.244 e. The van der Waals surface area contributed by atoms with E-state index in [-0.39, 0.29) is 0 Å². The average molecular weight is 356 g/mol. The third kappa shape index (κ3) is 6.59. The predicted octanol–water partition coefficient (Wildman–Crippen LogP) is 6.74. The number of unbranched alkanes of at least 4 members (excludes halogenated alkanes) is 8. The lowest BCUT2D eigenvalue weighted by Gasteiger charge is -2.09. The van der Waals surface area contributed by atoms with Crippen LogP contribution in [-0.4, -0.2) is 15.0 Å². The number of aryl methyl sites for hydroxylation is 3. The van der Waals surface area contributed by atoms with Gasteiger partial charge in [-0.3, -0.25) is 0 Å². The lowest BCUT2D eigenvalue weighted by Crippen LogP contribution is -2.03. The third-order valence-corrected chi connectivity index (χ3v) is 5.12. The zero-order valence-electron chi connectivity index (χ0n) is 17.1. The van der Waals surface area contributed by atoms with Crippen LogP contribution in [0.5, 0.6) is 0 Å². The van der Waals surface area contributed by atoms with Crippen molar-refractivity contribution in [3.05, 3.63) is 35.5 Å². The molecule has 2 aromatic rings. The molecule has 0 saturated heterocycles. The van der Waals surface area contributed by atoms with Crippen molar-refractivity contribution in [2.75, 3.05) is 0 Å². The second-order valence-electron chi connectivity index (χ2n) is 7.55. The van der Waals surface area contributed by atoms with E-state index in [1.54, 1.807) is 0 Å². The normalized spacial score (nSPS) is 11.2. The van der Waals surface area contributed by atoms with Crippen LogP contribution in [0, 0.1) is 6.92 Å². The van der Waals surface area contributed by atoms with Crippen LogP contribution in [-0.2, 0) is 13.0 Å². The van der Waals surface area contributed by atoms with Crippen LogP contribution in [0.4, 0.5) is 0 Å². The minimum Gasteiger partial charge on any atom is -0.244 e. The number of benzene rings is 1. The number of hydrogen-bond acceptors (Lipinski definition) is 2. The molecule has 0 aliphatic rings. The molecule has 1 aromatic carbocycles. The summed E-state index contributed by atoms with van der Waals surface area (Å²) >= 11 is 0. The van der Waals surface area contributed by atoms with Crippen molar-refractivity contribution in [2.24, 2.45) is 0 Å². The Kier molecular flexibility index (Phi) is 9.44. The van der Waals surface area contributed by atoms with Crippen LogP contribution in [0.1, 0.15) is 89.3 Å². The molecule has 0 unspecified atom stereocenters. The van der Waals surface area contributed by atoms with E-state index in [1.807, 2.05) is 0 Å². The fraction of sp³-hybridized carbons (Fsp3) is 0.652. The maximum Gasteiger partial charge on any atom is 0.0917 e. The highest BCUT2D eigenvalue weighted by Crippen LogP contribution is 2.25. The minimum atomic E-state index is 0.983. The number of nitrogens with zero attached hydrogens (tertiary/aromatic N) is 3. The van der Waals surface area contributed by atoms with Crippen LogP contribution < -0.4 is 0 Å². The van der Waals surface area contributed by atoms with Gasteiger partial charge in [0.15, 0.2) is 0 Å². The smallest absolute Gasteiger partial charge is 0.0917 e. The molecule has 0 N–H and O–H groups in total.